The third kappa shape index (κ3) is 5.77. The zero-order valence-electron chi connectivity index (χ0n) is 13.3. The van der Waals surface area contributed by atoms with Gasteiger partial charge in [0.05, 0.1) is 7.11 Å². The summed E-state index contributed by atoms with van der Waals surface area (Å²) in [5.74, 6) is 1.15. The lowest BCUT2D eigenvalue weighted by atomic mass is 10.1. The molecule has 128 valence electrons. The van der Waals surface area contributed by atoms with Gasteiger partial charge in [-0.25, -0.2) is 0 Å². The van der Waals surface area contributed by atoms with Gasteiger partial charge >= 0.3 is 5.97 Å². The van der Waals surface area contributed by atoms with Crippen LogP contribution in [-0.2, 0) is 11.2 Å². The normalized spacial score (nSPS) is 10.2. The van der Waals surface area contributed by atoms with E-state index < -0.39 is 5.97 Å². The van der Waals surface area contributed by atoms with Crippen molar-refractivity contribution in [3.63, 3.8) is 0 Å². The quantitative estimate of drug-likeness (QED) is 0.652. The van der Waals surface area contributed by atoms with Crippen LogP contribution in [0.3, 0.4) is 0 Å². The molecular weight excluding hydrogens is 376 g/mol. The van der Waals surface area contributed by atoms with Gasteiger partial charge in [0.15, 0.2) is 11.5 Å². The number of carboxylic acids is 1. The van der Waals surface area contributed by atoms with Gasteiger partial charge in [-0.3, -0.25) is 4.79 Å². The fourth-order valence-electron chi connectivity index (χ4n) is 2.08. The van der Waals surface area contributed by atoms with Crippen LogP contribution >= 0.6 is 15.9 Å². The summed E-state index contributed by atoms with van der Waals surface area (Å²) in [6.45, 7) is 0.784. The fourth-order valence-corrected chi connectivity index (χ4v) is 2.34. The number of benzene rings is 2. The molecule has 0 amide bonds. The van der Waals surface area contributed by atoms with Crippen molar-refractivity contribution in [1.82, 2.24) is 0 Å². The Morgan fingerprint density at radius 1 is 1.04 bits per heavy atom. The fraction of sp³-hybridized carbons (Fsp3) is 0.278. The maximum Gasteiger partial charge on any atom is 0.303 e. The van der Waals surface area contributed by atoms with E-state index in [1.807, 2.05) is 30.3 Å². The Labute approximate surface area is 149 Å². The van der Waals surface area contributed by atoms with Gasteiger partial charge in [0.1, 0.15) is 19.0 Å². The molecular formula is C18H19BrO5. The minimum absolute atomic E-state index is 0.0877. The monoisotopic (exact) mass is 394 g/mol. The number of rotatable bonds is 9. The van der Waals surface area contributed by atoms with Gasteiger partial charge in [0.25, 0.3) is 0 Å². The molecule has 2 rings (SSSR count). The summed E-state index contributed by atoms with van der Waals surface area (Å²) < 4.78 is 17.6. The molecule has 0 bridgehead atoms. The maximum absolute atomic E-state index is 10.6. The third-order valence-electron chi connectivity index (χ3n) is 3.28. The van der Waals surface area contributed by atoms with Gasteiger partial charge in [-0.2, -0.15) is 0 Å². The average Bonchev–Trinajstić information content (AvgIpc) is 2.59. The van der Waals surface area contributed by atoms with E-state index in [0.29, 0.717) is 31.1 Å². The number of carbonyl (C=O) groups is 1. The van der Waals surface area contributed by atoms with Crippen molar-refractivity contribution >= 4 is 21.9 Å². The van der Waals surface area contributed by atoms with Crippen LogP contribution in [-0.4, -0.2) is 31.4 Å². The van der Waals surface area contributed by atoms with Crippen molar-refractivity contribution in [2.24, 2.45) is 0 Å². The van der Waals surface area contributed by atoms with E-state index in [0.717, 1.165) is 15.8 Å². The van der Waals surface area contributed by atoms with Crippen molar-refractivity contribution in [2.75, 3.05) is 20.3 Å². The second-order valence-corrected chi connectivity index (χ2v) is 5.95. The van der Waals surface area contributed by atoms with Crippen molar-refractivity contribution in [3.8, 4) is 17.2 Å². The highest BCUT2D eigenvalue weighted by Crippen LogP contribution is 2.28. The smallest absolute Gasteiger partial charge is 0.303 e. The second kappa shape index (κ2) is 9.17. The minimum Gasteiger partial charge on any atom is -0.493 e. The Hall–Kier alpha value is -2.21. The highest BCUT2D eigenvalue weighted by Gasteiger charge is 2.07. The summed E-state index contributed by atoms with van der Waals surface area (Å²) in [4.78, 5) is 10.6. The summed E-state index contributed by atoms with van der Waals surface area (Å²) in [5, 5.41) is 8.74. The summed E-state index contributed by atoms with van der Waals surface area (Å²) in [5.41, 5.74) is 0.896. The van der Waals surface area contributed by atoms with Gasteiger partial charge in [0.2, 0.25) is 0 Å². The number of halogens is 1. The highest BCUT2D eigenvalue weighted by molar-refractivity contribution is 9.10. The zero-order chi connectivity index (χ0) is 17.4. The van der Waals surface area contributed by atoms with Crippen molar-refractivity contribution in [3.05, 3.63) is 52.5 Å². The zero-order valence-corrected chi connectivity index (χ0v) is 14.9. The lowest BCUT2D eigenvalue weighted by Gasteiger charge is -2.12. The first-order chi connectivity index (χ1) is 11.6. The van der Waals surface area contributed by atoms with E-state index >= 15 is 0 Å². The number of hydrogen-bond donors (Lipinski definition) is 1. The van der Waals surface area contributed by atoms with Crippen LogP contribution in [0.25, 0.3) is 0 Å². The van der Waals surface area contributed by atoms with E-state index in [4.69, 9.17) is 19.3 Å². The molecule has 0 saturated carbocycles. The Morgan fingerprint density at radius 3 is 2.42 bits per heavy atom. The maximum atomic E-state index is 10.6. The van der Waals surface area contributed by atoms with E-state index in [1.165, 1.54) is 0 Å². The molecule has 1 N–H and O–H groups in total. The SMILES string of the molecule is COc1cc(CCC(=O)O)ccc1OCCOc1ccc(Br)cc1. The molecule has 2 aromatic carbocycles. The second-order valence-electron chi connectivity index (χ2n) is 5.03. The summed E-state index contributed by atoms with van der Waals surface area (Å²) in [7, 11) is 1.56. The molecule has 0 heterocycles. The molecule has 0 saturated heterocycles. The molecule has 6 heteroatoms. The van der Waals surface area contributed by atoms with Crippen LogP contribution < -0.4 is 14.2 Å². The molecule has 0 atom stereocenters. The molecule has 0 unspecified atom stereocenters. The molecule has 5 nitrogen and oxygen atoms in total. The largest absolute Gasteiger partial charge is 0.493 e. The number of methoxy groups -OCH3 is 1. The number of hydrogen-bond acceptors (Lipinski definition) is 4. The predicted octanol–water partition coefficient (Wildman–Crippen LogP) is 3.93. The van der Waals surface area contributed by atoms with Crippen LogP contribution in [0.1, 0.15) is 12.0 Å². The topological polar surface area (TPSA) is 65.0 Å². The molecule has 0 aliphatic carbocycles. The van der Waals surface area contributed by atoms with Crippen molar-refractivity contribution < 1.29 is 24.1 Å². The summed E-state index contributed by atoms with van der Waals surface area (Å²) in [6, 6.07) is 13.0. The molecule has 0 aromatic heterocycles. The summed E-state index contributed by atoms with van der Waals surface area (Å²) in [6.07, 6.45) is 0.545. The molecule has 0 spiro atoms. The van der Waals surface area contributed by atoms with Gasteiger partial charge < -0.3 is 19.3 Å². The van der Waals surface area contributed by atoms with Crippen LogP contribution in [0.2, 0.25) is 0 Å². The van der Waals surface area contributed by atoms with E-state index in [2.05, 4.69) is 15.9 Å². The molecule has 24 heavy (non-hydrogen) atoms. The molecule has 2 aromatic rings. The lowest BCUT2D eigenvalue weighted by molar-refractivity contribution is -0.136. The van der Waals surface area contributed by atoms with E-state index in [1.54, 1.807) is 19.2 Å². The average molecular weight is 395 g/mol. The van der Waals surface area contributed by atoms with Gasteiger partial charge in [-0.1, -0.05) is 22.0 Å². The predicted molar refractivity (Wildman–Crippen MR) is 94.1 cm³/mol. The first-order valence-corrected chi connectivity index (χ1v) is 8.27. The molecule has 0 aliphatic rings. The number of ether oxygens (including phenoxy) is 3. The Morgan fingerprint density at radius 2 is 1.75 bits per heavy atom. The standard InChI is InChI=1S/C18H19BrO5/c1-22-17-12-13(3-9-18(20)21)2-8-16(17)24-11-10-23-15-6-4-14(19)5-7-15/h2,4-8,12H,3,9-11H2,1H3,(H,20,21). The molecule has 0 aliphatic heterocycles. The van der Waals surface area contributed by atoms with Crippen LogP contribution in [0.5, 0.6) is 17.2 Å². The van der Waals surface area contributed by atoms with E-state index in [-0.39, 0.29) is 6.42 Å². The lowest BCUT2D eigenvalue weighted by Crippen LogP contribution is -2.09. The number of aliphatic carboxylic acids is 1. The van der Waals surface area contributed by atoms with Crippen LogP contribution in [0.4, 0.5) is 0 Å². The number of aryl methyl sites for hydroxylation is 1. The first kappa shape index (κ1) is 18.1. The molecule has 0 radical (unpaired) electrons. The summed E-state index contributed by atoms with van der Waals surface area (Å²) >= 11 is 3.37. The first-order valence-electron chi connectivity index (χ1n) is 7.48. The Kier molecular flexibility index (Phi) is 6.93. The Balaban J connectivity index is 1.85. The molecule has 0 fully saturated rings. The van der Waals surface area contributed by atoms with Crippen molar-refractivity contribution in [2.45, 2.75) is 12.8 Å². The minimum atomic E-state index is -0.820. The highest BCUT2D eigenvalue weighted by atomic mass is 79.9. The third-order valence-corrected chi connectivity index (χ3v) is 3.81. The van der Waals surface area contributed by atoms with Gasteiger partial charge in [-0.15, -0.1) is 0 Å². The van der Waals surface area contributed by atoms with Gasteiger partial charge in [0, 0.05) is 10.9 Å². The van der Waals surface area contributed by atoms with Crippen LogP contribution in [0.15, 0.2) is 46.9 Å². The van der Waals surface area contributed by atoms with E-state index in [9.17, 15) is 4.79 Å². The van der Waals surface area contributed by atoms with Crippen LogP contribution in [0, 0.1) is 0 Å². The number of carboxylic acid groups (broad SMARTS) is 1. The van der Waals surface area contributed by atoms with Gasteiger partial charge in [-0.05, 0) is 48.4 Å². The Bertz CT molecular complexity index is 670. The van der Waals surface area contributed by atoms with Crippen molar-refractivity contribution in [1.29, 1.82) is 0 Å².